The van der Waals surface area contributed by atoms with Gasteiger partial charge < -0.3 is 9.47 Å². The Bertz CT molecular complexity index is 1330. The van der Waals surface area contributed by atoms with E-state index in [-0.39, 0.29) is 12.0 Å². The summed E-state index contributed by atoms with van der Waals surface area (Å²) in [6.07, 6.45) is 4.69. The van der Waals surface area contributed by atoms with Crippen LogP contribution in [0.2, 0.25) is 0 Å². The summed E-state index contributed by atoms with van der Waals surface area (Å²) >= 11 is 0. The summed E-state index contributed by atoms with van der Waals surface area (Å²) in [6, 6.07) is 23.5. The topological polar surface area (TPSA) is 31.4 Å². The molecule has 1 saturated carbocycles. The summed E-state index contributed by atoms with van der Waals surface area (Å²) in [5.41, 5.74) is 4.33. The number of alkyl halides is 3. The molecule has 1 aliphatic rings. The molecule has 3 aromatic carbocycles. The molecule has 0 spiro atoms. The fraction of sp³-hybridized carbons (Fsp3) is 0.281. The van der Waals surface area contributed by atoms with E-state index in [0.717, 1.165) is 70.7 Å². The van der Waals surface area contributed by atoms with Crippen LogP contribution < -0.4 is 9.47 Å². The molecule has 3 nitrogen and oxygen atoms in total. The molecule has 38 heavy (non-hydrogen) atoms. The first-order chi connectivity index (χ1) is 18.4. The number of rotatable bonds is 8. The molecule has 0 aliphatic heterocycles. The van der Waals surface area contributed by atoms with Crippen molar-refractivity contribution in [2.75, 3.05) is 7.11 Å². The first kappa shape index (κ1) is 25.8. The van der Waals surface area contributed by atoms with Crippen molar-refractivity contribution in [1.29, 1.82) is 0 Å². The van der Waals surface area contributed by atoms with E-state index in [1.54, 1.807) is 19.5 Å². The van der Waals surface area contributed by atoms with Gasteiger partial charge in [-0.2, -0.15) is 13.2 Å². The lowest BCUT2D eigenvalue weighted by Crippen LogP contribution is -2.12. The second-order valence-corrected chi connectivity index (χ2v) is 9.74. The van der Waals surface area contributed by atoms with Crippen molar-refractivity contribution in [3.63, 3.8) is 0 Å². The number of hydrogen-bond donors (Lipinski definition) is 0. The van der Waals surface area contributed by atoms with Crippen LogP contribution in [0.15, 0.2) is 91.3 Å². The van der Waals surface area contributed by atoms with Crippen LogP contribution >= 0.6 is 0 Å². The van der Waals surface area contributed by atoms with E-state index >= 15 is 0 Å². The molecule has 0 N–H and O–H groups in total. The second-order valence-electron chi connectivity index (χ2n) is 9.74. The van der Waals surface area contributed by atoms with Crippen LogP contribution in [0.1, 0.15) is 53.9 Å². The quantitative estimate of drug-likeness (QED) is 0.235. The summed E-state index contributed by atoms with van der Waals surface area (Å²) in [7, 11) is 1.66. The van der Waals surface area contributed by atoms with Crippen molar-refractivity contribution in [3.8, 4) is 22.6 Å². The fourth-order valence-electron chi connectivity index (χ4n) is 5.13. The van der Waals surface area contributed by atoms with Gasteiger partial charge in [-0.3, -0.25) is 4.98 Å². The molecular weight excluding hydrogens is 487 g/mol. The molecule has 196 valence electrons. The van der Waals surface area contributed by atoms with Crippen LogP contribution in [0.3, 0.4) is 0 Å². The summed E-state index contributed by atoms with van der Waals surface area (Å²) < 4.78 is 50.9. The zero-order valence-corrected chi connectivity index (χ0v) is 21.2. The average molecular weight is 518 g/mol. The molecule has 1 fully saturated rings. The largest absolute Gasteiger partial charge is 0.493 e. The molecule has 0 radical (unpaired) electrons. The summed E-state index contributed by atoms with van der Waals surface area (Å²) in [6.45, 7) is 0. The minimum absolute atomic E-state index is 0.0379. The van der Waals surface area contributed by atoms with E-state index in [0.29, 0.717) is 0 Å². The smallest absolute Gasteiger partial charge is 0.416 e. The van der Waals surface area contributed by atoms with Gasteiger partial charge in [-0.15, -0.1) is 0 Å². The van der Waals surface area contributed by atoms with Crippen LogP contribution in [-0.2, 0) is 12.6 Å². The first-order valence-electron chi connectivity index (χ1n) is 12.9. The van der Waals surface area contributed by atoms with Crippen LogP contribution in [0.5, 0.6) is 11.5 Å². The SMILES string of the molecule is COc1ccc(C(Cc2ccncc2)c2ccc(-c3ccc(C(F)(F)F)cc3)cc2)cc1OC1CCCC1. The molecule has 1 aromatic heterocycles. The molecule has 1 atom stereocenters. The number of benzene rings is 3. The Morgan fingerprint density at radius 3 is 2.00 bits per heavy atom. The number of nitrogens with zero attached hydrogens (tertiary/aromatic N) is 1. The van der Waals surface area contributed by atoms with Crippen LogP contribution in [-0.4, -0.2) is 18.2 Å². The third-order valence-electron chi connectivity index (χ3n) is 7.23. The van der Waals surface area contributed by atoms with Crippen LogP contribution in [0.4, 0.5) is 13.2 Å². The molecular formula is C32H30F3NO2. The molecule has 1 unspecified atom stereocenters. The Labute approximate surface area is 221 Å². The van der Waals surface area contributed by atoms with E-state index in [4.69, 9.17) is 9.47 Å². The average Bonchev–Trinajstić information content (AvgIpc) is 3.45. The summed E-state index contributed by atoms with van der Waals surface area (Å²) in [5.74, 6) is 1.52. The van der Waals surface area contributed by atoms with Gasteiger partial charge in [0.15, 0.2) is 11.5 Å². The number of hydrogen-bond acceptors (Lipinski definition) is 3. The normalized spacial score (nSPS) is 14.8. The van der Waals surface area contributed by atoms with E-state index in [2.05, 4.69) is 29.2 Å². The molecule has 1 heterocycles. The number of ether oxygens (including phenoxy) is 2. The number of aromatic nitrogens is 1. The van der Waals surface area contributed by atoms with Crippen molar-refractivity contribution in [2.24, 2.45) is 0 Å². The Hall–Kier alpha value is -3.80. The lowest BCUT2D eigenvalue weighted by atomic mass is 9.85. The second kappa shape index (κ2) is 11.3. The predicted molar refractivity (Wildman–Crippen MR) is 143 cm³/mol. The number of methoxy groups -OCH3 is 1. The molecule has 0 saturated heterocycles. The molecule has 6 heteroatoms. The predicted octanol–water partition coefficient (Wildman–Crippen LogP) is 8.47. The Morgan fingerprint density at radius 2 is 1.39 bits per heavy atom. The molecule has 5 rings (SSSR count). The zero-order chi connectivity index (χ0) is 26.5. The molecule has 0 bridgehead atoms. The van der Waals surface area contributed by atoms with Crippen molar-refractivity contribution in [1.82, 2.24) is 4.98 Å². The van der Waals surface area contributed by atoms with Gasteiger partial charge >= 0.3 is 6.18 Å². The van der Waals surface area contributed by atoms with Gasteiger partial charge in [-0.05, 0) is 96.3 Å². The summed E-state index contributed by atoms with van der Waals surface area (Å²) in [5, 5.41) is 0. The highest BCUT2D eigenvalue weighted by atomic mass is 19.4. The highest BCUT2D eigenvalue weighted by molar-refractivity contribution is 5.64. The van der Waals surface area contributed by atoms with Crippen molar-refractivity contribution in [3.05, 3.63) is 114 Å². The highest BCUT2D eigenvalue weighted by Gasteiger charge is 2.30. The van der Waals surface area contributed by atoms with Gasteiger partial charge in [0.1, 0.15) is 0 Å². The van der Waals surface area contributed by atoms with Crippen molar-refractivity contribution >= 4 is 0 Å². The van der Waals surface area contributed by atoms with Gasteiger partial charge in [0.2, 0.25) is 0 Å². The maximum atomic E-state index is 13.0. The maximum absolute atomic E-state index is 13.0. The fourth-order valence-corrected chi connectivity index (χ4v) is 5.13. The van der Waals surface area contributed by atoms with E-state index in [1.165, 1.54) is 25.0 Å². The van der Waals surface area contributed by atoms with E-state index in [1.807, 2.05) is 30.3 Å². The summed E-state index contributed by atoms with van der Waals surface area (Å²) in [4.78, 5) is 4.15. The molecule has 0 amide bonds. The third-order valence-corrected chi connectivity index (χ3v) is 7.23. The van der Waals surface area contributed by atoms with Crippen molar-refractivity contribution in [2.45, 2.75) is 50.3 Å². The number of halogens is 3. The third kappa shape index (κ3) is 6.01. The van der Waals surface area contributed by atoms with Gasteiger partial charge in [0, 0.05) is 18.3 Å². The Balaban J connectivity index is 1.46. The maximum Gasteiger partial charge on any atom is 0.416 e. The standard InChI is InChI=1S/C32H30F3NO2/c1-37-30-15-12-26(21-31(30)38-28-4-2-3-5-28)29(20-22-16-18-36-19-17-22)25-8-6-23(7-9-25)24-10-13-27(14-11-24)32(33,34)35/h6-19,21,28-29H,2-5,20H2,1H3. The van der Waals surface area contributed by atoms with Gasteiger partial charge in [0.25, 0.3) is 0 Å². The van der Waals surface area contributed by atoms with Gasteiger partial charge in [0.05, 0.1) is 18.8 Å². The minimum Gasteiger partial charge on any atom is -0.493 e. The number of pyridine rings is 1. The Morgan fingerprint density at radius 1 is 0.789 bits per heavy atom. The zero-order valence-electron chi connectivity index (χ0n) is 21.2. The lowest BCUT2D eigenvalue weighted by molar-refractivity contribution is -0.137. The highest BCUT2D eigenvalue weighted by Crippen LogP contribution is 2.38. The lowest BCUT2D eigenvalue weighted by Gasteiger charge is -2.22. The van der Waals surface area contributed by atoms with E-state index in [9.17, 15) is 13.2 Å². The minimum atomic E-state index is -4.35. The Kier molecular flexibility index (Phi) is 7.68. The van der Waals surface area contributed by atoms with Crippen LogP contribution in [0.25, 0.3) is 11.1 Å². The molecule has 4 aromatic rings. The van der Waals surface area contributed by atoms with Crippen LogP contribution in [0, 0.1) is 0 Å². The monoisotopic (exact) mass is 517 g/mol. The van der Waals surface area contributed by atoms with E-state index < -0.39 is 11.7 Å². The van der Waals surface area contributed by atoms with Gasteiger partial charge in [-0.1, -0.05) is 42.5 Å². The molecule has 1 aliphatic carbocycles. The first-order valence-corrected chi connectivity index (χ1v) is 12.9. The van der Waals surface area contributed by atoms with Crippen molar-refractivity contribution < 1.29 is 22.6 Å². The van der Waals surface area contributed by atoms with Gasteiger partial charge in [-0.25, -0.2) is 0 Å².